The van der Waals surface area contributed by atoms with Crippen molar-refractivity contribution in [2.75, 3.05) is 16.7 Å². The van der Waals surface area contributed by atoms with E-state index in [2.05, 4.69) is 10.1 Å². The maximum atomic E-state index is 12.8. The molecule has 0 heterocycles. The number of sulfonamides is 1. The minimum Gasteiger partial charge on any atom is -0.434 e. The Morgan fingerprint density at radius 2 is 1.59 bits per heavy atom. The van der Waals surface area contributed by atoms with E-state index in [0.717, 1.165) is 9.87 Å². The van der Waals surface area contributed by atoms with Crippen molar-refractivity contribution in [1.29, 1.82) is 0 Å². The van der Waals surface area contributed by atoms with E-state index in [1.807, 2.05) is 6.92 Å². The van der Waals surface area contributed by atoms with Crippen LogP contribution in [0.5, 0.6) is 5.75 Å². The molecule has 3 rings (SSSR count). The molecule has 0 saturated carbocycles. The molecule has 0 aromatic heterocycles. The van der Waals surface area contributed by atoms with Crippen LogP contribution in [0.2, 0.25) is 0 Å². The van der Waals surface area contributed by atoms with Gasteiger partial charge in [-0.2, -0.15) is 8.78 Å². The molecular formula is C23H22F2N2O4S. The maximum absolute atomic E-state index is 12.8. The molecule has 0 aliphatic carbocycles. The third-order valence-electron chi connectivity index (χ3n) is 4.92. The largest absolute Gasteiger partial charge is 0.434 e. The Labute approximate surface area is 185 Å². The first-order chi connectivity index (χ1) is 15.1. The van der Waals surface area contributed by atoms with Crippen LogP contribution in [0.25, 0.3) is 0 Å². The number of nitrogens with one attached hydrogen (secondary N) is 1. The molecule has 0 bridgehead atoms. The van der Waals surface area contributed by atoms with Gasteiger partial charge in [0.15, 0.2) is 0 Å². The molecule has 0 atom stereocenters. The molecule has 0 saturated heterocycles. The molecule has 0 fully saturated rings. The molecule has 6 nitrogen and oxygen atoms in total. The Kier molecular flexibility index (Phi) is 6.78. The van der Waals surface area contributed by atoms with Gasteiger partial charge in [-0.05, 0) is 62.4 Å². The number of carbonyl (C=O) groups is 1. The number of carbonyl (C=O) groups excluding carboxylic acids is 1. The number of alkyl halides is 2. The molecule has 3 aromatic rings. The first-order valence-corrected chi connectivity index (χ1v) is 11.0. The van der Waals surface area contributed by atoms with Crippen molar-refractivity contribution in [3.05, 3.63) is 83.4 Å². The Balaban J connectivity index is 1.77. The Morgan fingerprint density at radius 3 is 2.19 bits per heavy atom. The summed E-state index contributed by atoms with van der Waals surface area (Å²) < 4.78 is 56.3. The number of anilines is 2. The number of benzene rings is 3. The zero-order valence-electron chi connectivity index (χ0n) is 17.7. The van der Waals surface area contributed by atoms with Crippen LogP contribution in [0.15, 0.2) is 71.6 Å². The first-order valence-electron chi connectivity index (χ1n) is 9.61. The standard InChI is InChI=1S/C23H22F2N2O4S/c1-15-7-13-19(14-8-15)32(29,30)27(3)18-11-9-17(10-12-18)22(28)26-20-5-4-6-21(16(20)2)31-23(24)25/h4-14,23H,1-3H3,(H,26,28). The van der Waals surface area contributed by atoms with E-state index in [-0.39, 0.29) is 16.2 Å². The fourth-order valence-corrected chi connectivity index (χ4v) is 4.19. The van der Waals surface area contributed by atoms with Gasteiger partial charge in [0.1, 0.15) is 5.75 Å². The lowest BCUT2D eigenvalue weighted by atomic mass is 10.1. The van der Waals surface area contributed by atoms with Crippen molar-refractivity contribution in [2.24, 2.45) is 0 Å². The second-order valence-electron chi connectivity index (χ2n) is 7.09. The van der Waals surface area contributed by atoms with Crippen molar-refractivity contribution in [3.8, 4) is 5.75 Å². The van der Waals surface area contributed by atoms with Crippen LogP contribution in [-0.4, -0.2) is 28.0 Å². The van der Waals surface area contributed by atoms with E-state index in [1.165, 1.54) is 55.6 Å². The van der Waals surface area contributed by atoms with Crippen molar-refractivity contribution in [2.45, 2.75) is 25.4 Å². The van der Waals surface area contributed by atoms with Gasteiger partial charge in [0.2, 0.25) is 0 Å². The van der Waals surface area contributed by atoms with Crippen LogP contribution in [0.3, 0.4) is 0 Å². The number of rotatable bonds is 7. The van der Waals surface area contributed by atoms with Crippen molar-refractivity contribution >= 4 is 27.3 Å². The second-order valence-corrected chi connectivity index (χ2v) is 9.06. The molecule has 32 heavy (non-hydrogen) atoms. The van der Waals surface area contributed by atoms with E-state index < -0.39 is 22.5 Å². The Morgan fingerprint density at radius 1 is 0.969 bits per heavy atom. The van der Waals surface area contributed by atoms with Gasteiger partial charge in [-0.25, -0.2) is 8.42 Å². The van der Waals surface area contributed by atoms with Gasteiger partial charge in [-0.1, -0.05) is 23.8 Å². The monoisotopic (exact) mass is 460 g/mol. The summed E-state index contributed by atoms with van der Waals surface area (Å²) in [5.74, 6) is -0.506. The summed E-state index contributed by atoms with van der Waals surface area (Å²) in [7, 11) is -2.32. The predicted octanol–water partition coefficient (Wildman–Crippen LogP) is 4.98. The van der Waals surface area contributed by atoms with Gasteiger partial charge in [0, 0.05) is 23.9 Å². The van der Waals surface area contributed by atoms with Gasteiger partial charge in [-0.3, -0.25) is 9.10 Å². The topological polar surface area (TPSA) is 75.7 Å². The summed E-state index contributed by atoms with van der Waals surface area (Å²) in [4.78, 5) is 12.8. The number of halogens is 2. The average Bonchev–Trinajstić information content (AvgIpc) is 2.76. The molecule has 1 amide bonds. The molecule has 0 radical (unpaired) electrons. The smallest absolute Gasteiger partial charge is 0.387 e. The number of amides is 1. The molecule has 0 aliphatic rings. The van der Waals surface area contributed by atoms with Gasteiger partial charge < -0.3 is 10.1 Å². The maximum Gasteiger partial charge on any atom is 0.387 e. The number of aryl methyl sites for hydroxylation is 1. The fourth-order valence-electron chi connectivity index (χ4n) is 3.00. The Hall–Kier alpha value is -3.46. The lowest BCUT2D eigenvalue weighted by Gasteiger charge is -2.20. The zero-order valence-corrected chi connectivity index (χ0v) is 18.5. The first kappa shape index (κ1) is 23.2. The quantitative estimate of drug-likeness (QED) is 0.540. The summed E-state index contributed by atoms with van der Waals surface area (Å²) in [5, 5.41) is 2.65. The summed E-state index contributed by atoms with van der Waals surface area (Å²) >= 11 is 0. The lowest BCUT2D eigenvalue weighted by molar-refractivity contribution is -0.0502. The molecule has 0 spiro atoms. The summed E-state index contributed by atoms with van der Waals surface area (Å²) in [5.41, 5.74) is 2.29. The SMILES string of the molecule is Cc1ccc(S(=O)(=O)N(C)c2ccc(C(=O)Nc3cccc(OC(F)F)c3C)cc2)cc1. The van der Waals surface area contributed by atoms with Gasteiger partial charge >= 0.3 is 6.61 Å². The highest BCUT2D eigenvalue weighted by Crippen LogP contribution is 2.28. The highest BCUT2D eigenvalue weighted by Gasteiger charge is 2.21. The lowest BCUT2D eigenvalue weighted by Crippen LogP contribution is -2.26. The van der Waals surface area contributed by atoms with Crippen molar-refractivity contribution in [1.82, 2.24) is 0 Å². The third-order valence-corrected chi connectivity index (χ3v) is 6.72. The van der Waals surface area contributed by atoms with E-state index in [9.17, 15) is 22.0 Å². The number of nitrogens with zero attached hydrogens (tertiary/aromatic N) is 1. The molecule has 168 valence electrons. The van der Waals surface area contributed by atoms with Crippen LogP contribution in [0, 0.1) is 13.8 Å². The zero-order chi connectivity index (χ0) is 23.5. The van der Waals surface area contributed by atoms with Crippen LogP contribution in [0.4, 0.5) is 20.2 Å². The summed E-state index contributed by atoms with van der Waals surface area (Å²) in [6.07, 6.45) is 0. The minimum absolute atomic E-state index is 0.0314. The second kappa shape index (κ2) is 9.35. The normalized spacial score (nSPS) is 11.3. The molecular weight excluding hydrogens is 438 g/mol. The van der Waals surface area contributed by atoms with Gasteiger partial charge in [0.05, 0.1) is 10.6 Å². The van der Waals surface area contributed by atoms with Crippen LogP contribution in [-0.2, 0) is 10.0 Å². The number of hydrogen-bond donors (Lipinski definition) is 1. The summed E-state index contributed by atoms with van der Waals surface area (Å²) in [6.45, 7) is 0.454. The van der Waals surface area contributed by atoms with E-state index in [0.29, 0.717) is 16.9 Å². The van der Waals surface area contributed by atoms with E-state index >= 15 is 0 Å². The van der Waals surface area contributed by atoms with Crippen LogP contribution in [0.1, 0.15) is 21.5 Å². The van der Waals surface area contributed by atoms with Crippen molar-refractivity contribution in [3.63, 3.8) is 0 Å². The van der Waals surface area contributed by atoms with Gasteiger partial charge in [-0.15, -0.1) is 0 Å². The third kappa shape index (κ3) is 5.05. The van der Waals surface area contributed by atoms with Gasteiger partial charge in [0.25, 0.3) is 15.9 Å². The molecule has 9 heteroatoms. The summed E-state index contributed by atoms with van der Waals surface area (Å²) in [6, 6.07) is 17.0. The molecule has 0 unspecified atom stereocenters. The predicted molar refractivity (Wildman–Crippen MR) is 119 cm³/mol. The number of ether oxygens (including phenoxy) is 1. The van der Waals surface area contributed by atoms with Crippen LogP contribution < -0.4 is 14.4 Å². The molecule has 1 N–H and O–H groups in total. The minimum atomic E-state index is -3.75. The fraction of sp³-hybridized carbons (Fsp3) is 0.174. The number of hydrogen-bond acceptors (Lipinski definition) is 4. The Bertz CT molecular complexity index is 1210. The highest BCUT2D eigenvalue weighted by molar-refractivity contribution is 7.92. The highest BCUT2D eigenvalue weighted by atomic mass is 32.2. The molecule has 0 aliphatic heterocycles. The molecule has 3 aromatic carbocycles. The van der Waals surface area contributed by atoms with Crippen molar-refractivity contribution < 1.29 is 26.7 Å². The average molecular weight is 461 g/mol. The van der Waals surface area contributed by atoms with Crippen LogP contribution >= 0.6 is 0 Å². The van der Waals surface area contributed by atoms with E-state index in [1.54, 1.807) is 25.1 Å². The van der Waals surface area contributed by atoms with E-state index in [4.69, 9.17) is 0 Å².